The van der Waals surface area contributed by atoms with Gasteiger partial charge in [0, 0.05) is 25.1 Å². The summed E-state index contributed by atoms with van der Waals surface area (Å²) in [5.41, 5.74) is 1.69. The monoisotopic (exact) mass is 238 g/mol. The Bertz CT molecular complexity index is 323. The van der Waals surface area contributed by atoms with Crippen LogP contribution >= 0.6 is 10.7 Å². The highest BCUT2D eigenvalue weighted by molar-refractivity contribution is 7.31. The van der Waals surface area contributed by atoms with Gasteiger partial charge in [0.2, 0.25) is 0 Å². The van der Waals surface area contributed by atoms with Crippen molar-refractivity contribution in [3.05, 3.63) is 21.9 Å². The lowest BCUT2D eigenvalue weighted by Crippen LogP contribution is -2.06. The Kier molecular flexibility index (Phi) is 4.42. The molecule has 0 amide bonds. The molecule has 1 aliphatic rings. The molecule has 0 saturated heterocycles. The summed E-state index contributed by atoms with van der Waals surface area (Å²) in [5.74, 6) is 0.873. The first-order valence-corrected chi connectivity index (χ1v) is 7.97. The third-order valence-electron chi connectivity index (χ3n) is 3.71. The Labute approximate surface area is 102 Å². The minimum absolute atomic E-state index is 0.245. The van der Waals surface area contributed by atoms with Crippen molar-refractivity contribution in [1.29, 1.82) is 0 Å². The van der Waals surface area contributed by atoms with Crippen LogP contribution in [0.25, 0.3) is 0 Å². The van der Waals surface area contributed by atoms with Crippen LogP contribution in [0, 0.1) is 0 Å². The van der Waals surface area contributed by atoms with E-state index in [0.717, 1.165) is 5.92 Å². The molecule has 1 heterocycles. The van der Waals surface area contributed by atoms with E-state index in [0.29, 0.717) is 0 Å². The minimum atomic E-state index is 0.245. The summed E-state index contributed by atoms with van der Waals surface area (Å²) in [4.78, 5) is 1.71. The molecule has 90 valence electrons. The van der Waals surface area contributed by atoms with Crippen molar-refractivity contribution in [3.63, 3.8) is 0 Å². The molecule has 1 atom stereocenters. The predicted molar refractivity (Wildman–Crippen MR) is 74.0 cm³/mol. The molecule has 1 unspecified atom stereocenters. The average Bonchev–Trinajstić information content (AvgIpc) is 2.74. The Morgan fingerprint density at radius 3 is 2.69 bits per heavy atom. The topological polar surface area (TPSA) is 12.0 Å². The highest BCUT2D eigenvalue weighted by Gasteiger charge is 2.25. The van der Waals surface area contributed by atoms with Gasteiger partial charge in [-0.2, -0.15) is 0 Å². The lowest BCUT2D eigenvalue weighted by atomic mass is 9.84. The fourth-order valence-electron chi connectivity index (χ4n) is 2.89. The van der Waals surface area contributed by atoms with Crippen molar-refractivity contribution in [2.24, 2.45) is 0 Å². The van der Waals surface area contributed by atoms with E-state index in [9.17, 15) is 0 Å². The fourth-order valence-corrected chi connectivity index (χ4v) is 4.64. The van der Waals surface area contributed by atoms with Crippen LogP contribution in [0.5, 0.6) is 0 Å². The third kappa shape index (κ3) is 2.49. The summed E-state index contributed by atoms with van der Waals surface area (Å²) in [6, 6.07) is 2.42. The number of thiophene rings is 1. The molecule has 16 heavy (non-hydrogen) atoms. The van der Waals surface area contributed by atoms with Crippen molar-refractivity contribution in [1.82, 2.24) is 0 Å². The van der Waals surface area contributed by atoms with Crippen LogP contribution in [0.2, 0.25) is 0 Å². The molecular formula is C14H24NS+. The molecule has 1 saturated carbocycles. The third-order valence-corrected chi connectivity index (χ3v) is 5.53. The number of rotatable bonds is 4. The lowest BCUT2D eigenvalue weighted by molar-refractivity contribution is 0.442. The zero-order chi connectivity index (χ0) is 11.4. The van der Waals surface area contributed by atoms with Crippen LogP contribution in [-0.2, 0) is 6.42 Å². The molecule has 0 bridgehead atoms. The van der Waals surface area contributed by atoms with E-state index < -0.39 is 0 Å². The Balaban J connectivity index is 2.20. The van der Waals surface area contributed by atoms with E-state index in [2.05, 4.69) is 30.1 Å². The molecule has 2 rings (SSSR count). The van der Waals surface area contributed by atoms with Crippen LogP contribution in [0.4, 0.5) is 0 Å². The van der Waals surface area contributed by atoms with E-state index >= 15 is 0 Å². The SMILES string of the molecule is CCCc1c(C2CCCCC2)cc[s+]1NC. The van der Waals surface area contributed by atoms with Crippen LogP contribution in [-0.4, -0.2) is 7.05 Å². The van der Waals surface area contributed by atoms with Gasteiger partial charge in [0.25, 0.3) is 0 Å². The maximum absolute atomic E-state index is 3.45. The minimum Gasteiger partial charge on any atom is -0.121 e. The Morgan fingerprint density at radius 1 is 1.31 bits per heavy atom. The smallest absolute Gasteiger partial charge is 0.121 e. The second-order valence-electron chi connectivity index (χ2n) is 4.81. The summed E-state index contributed by atoms with van der Waals surface area (Å²) in [7, 11) is 2.34. The molecule has 0 radical (unpaired) electrons. The van der Waals surface area contributed by atoms with Gasteiger partial charge in [0.05, 0.1) is 10.7 Å². The lowest BCUT2D eigenvalue weighted by Gasteiger charge is -2.20. The first-order valence-electron chi connectivity index (χ1n) is 6.68. The highest BCUT2D eigenvalue weighted by atomic mass is 32.2. The summed E-state index contributed by atoms with van der Waals surface area (Å²) in [5, 5.41) is 2.38. The van der Waals surface area contributed by atoms with Gasteiger partial charge < -0.3 is 0 Å². The standard InChI is InChI=1S/C14H24NS/c1-3-7-14-13(10-11-16(14)15-2)12-8-5-4-6-9-12/h10-12,15H,3-9H2,1-2H3/q+1. The van der Waals surface area contributed by atoms with Gasteiger partial charge in [-0.05, 0) is 25.2 Å². The summed E-state index contributed by atoms with van der Waals surface area (Å²) in [6.45, 7) is 2.29. The zero-order valence-corrected chi connectivity index (χ0v) is 11.4. The maximum Gasteiger partial charge on any atom is 0.175 e. The first-order chi connectivity index (χ1) is 7.86. The van der Waals surface area contributed by atoms with E-state index in [1.165, 1.54) is 44.9 Å². The van der Waals surface area contributed by atoms with Gasteiger partial charge in [-0.25, -0.2) is 0 Å². The quantitative estimate of drug-likeness (QED) is 0.755. The van der Waals surface area contributed by atoms with Gasteiger partial charge in [0.15, 0.2) is 10.3 Å². The molecule has 1 N–H and O–H groups in total. The van der Waals surface area contributed by atoms with Crippen molar-refractivity contribution < 1.29 is 0 Å². The molecule has 0 spiro atoms. The number of nitrogens with one attached hydrogen (secondary N) is 1. The Morgan fingerprint density at radius 2 is 2.06 bits per heavy atom. The van der Waals surface area contributed by atoms with Gasteiger partial charge in [-0.3, -0.25) is 0 Å². The first kappa shape index (κ1) is 12.1. The molecule has 1 fully saturated rings. The van der Waals surface area contributed by atoms with E-state index in [1.807, 2.05) is 0 Å². The van der Waals surface area contributed by atoms with Crippen molar-refractivity contribution >= 4 is 10.7 Å². The van der Waals surface area contributed by atoms with Crippen LogP contribution in [0.15, 0.2) is 11.4 Å². The van der Waals surface area contributed by atoms with Crippen LogP contribution in [0.3, 0.4) is 0 Å². The maximum atomic E-state index is 3.45. The normalized spacial score (nSPS) is 19.0. The van der Waals surface area contributed by atoms with Gasteiger partial charge in [-0.15, -0.1) is 4.72 Å². The van der Waals surface area contributed by atoms with Gasteiger partial charge in [-0.1, -0.05) is 26.2 Å². The largest absolute Gasteiger partial charge is 0.175 e. The summed E-state index contributed by atoms with van der Waals surface area (Å²) in [6.07, 6.45) is 9.74. The van der Waals surface area contributed by atoms with Crippen LogP contribution < -0.4 is 4.72 Å². The molecule has 1 aliphatic carbocycles. The van der Waals surface area contributed by atoms with E-state index in [-0.39, 0.29) is 10.7 Å². The molecular weight excluding hydrogens is 214 g/mol. The Hall–Kier alpha value is -0.340. The number of hydrogen-bond acceptors (Lipinski definition) is 1. The summed E-state index contributed by atoms with van der Waals surface area (Å²) < 4.78 is 3.45. The predicted octanol–water partition coefficient (Wildman–Crippen LogP) is 4.61. The van der Waals surface area contributed by atoms with Gasteiger partial charge >= 0.3 is 0 Å². The second-order valence-corrected chi connectivity index (χ2v) is 6.66. The zero-order valence-electron chi connectivity index (χ0n) is 10.6. The molecule has 1 aromatic heterocycles. The second kappa shape index (κ2) is 5.83. The van der Waals surface area contributed by atoms with E-state index in [4.69, 9.17) is 0 Å². The van der Waals surface area contributed by atoms with Crippen molar-refractivity contribution in [2.45, 2.75) is 57.8 Å². The molecule has 1 nitrogen and oxygen atoms in total. The van der Waals surface area contributed by atoms with Crippen molar-refractivity contribution in [3.8, 4) is 0 Å². The molecule has 0 aromatic carbocycles. The molecule has 2 heteroatoms. The number of hydrogen-bond donors (Lipinski definition) is 1. The van der Waals surface area contributed by atoms with E-state index in [1.54, 1.807) is 10.4 Å². The molecule has 1 aromatic rings. The molecule has 0 aliphatic heterocycles. The fraction of sp³-hybridized carbons (Fsp3) is 0.714. The average molecular weight is 238 g/mol. The van der Waals surface area contributed by atoms with Crippen LogP contribution in [0.1, 0.15) is 61.8 Å². The van der Waals surface area contributed by atoms with Crippen molar-refractivity contribution in [2.75, 3.05) is 11.8 Å². The van der Waals surface area contributed by atoms with Gasteiger partial charge in [0.1, 0.15) is 0 Å². The highest BCUT2D eigenvalue weighted by Crippen LogP contribution is 2.39. The summed E-state index contributed by atoms with van der Waals surface area (Å²) >= 11 is 0.